The molecular weight excluding hydrogens is 284 g/mol. The normalized spacial score (nSPS) is 15.4. The molecule has 2 heterocycles. The van der Waals surface area contributed by atoms with Crippen LogP contribution in [0.25, 0.3) is 0 Å². The minimum absolute atomic E-state index is 0.225. The number of aromatic nitrogens is 2. The maximum atomic E-state index is 11.8. The first-order valence-corrected chi connectivity index (χ1v) is 7.51. The Kier molecular flexibility index (Phi) is 6.08. The van der Waals surface area contributed by atoms with Crippen LogP contribution in [0.15, 0.2) is 18.5 Å². The van der Waals surface area contributed by atoms with Gasteiger partial charge in [0.25, 0.3) is 0 Å². The van der Waals surface area contributed by atoms with Crippen LogP contribution in [-0.4, -0.2) is 66.1 Å². The van der Waals surface area contributed by atoms with Crippen molar-refractivity contribution in [2.24, 2.45) is 0 Å². The number of carbonyl (C=O) groups is 2. The molecule has 8 nitrogen and oxygen atoms in total. The Balaban J connectivity index is 1.71. The number of rotatable bonds is 5. The minimum Gasteiger partial charge on any atom is -0.338 e. The SMILES string of the molecule is CCCNC(=O)NC(=O)CN1CCN(c2ncccn2)CC1. The summed E-state index contributed by atoms with van der Waals surface area (Å²) in [5, 5.41) is 4.95. The predicted octanol–water partition coefficient (Wildman–Crippen LogP) is -0.166. The van der Waals surface area contributed by atoms with E-state index in [1.165, 1.54) is 0 Å². The van der Waals surface area contributed by atoms with Gasteiger partial charge in [-0.2, -0.15) is 0 Å². The zero-order chi connectivity index (χ0) is 15.8. The van der Waals surface area contributed by atoms with Crippen LogP contribution >= 0.6 is 0 Å². The quantitative estimate of drug-likeness (QED) is 0.785. The lowest BCUT2D eigenvalue weighted by atomic mass is 10.3. The molecule has 1 aromatic heterocycles. The number of anilines is 1. The number of imide groups is 1. The Morgan fingerprint density at radius 3 is 2.50 bits per heavy atom. The highest BCUT2D eigenvalue weighted by Gasteiger charge is 2.20. The zero-order valence-corrected chi connectivity index (χ0v) is 12.8. The summed E-state index contributed by atoms with van der Waals surface area (Å²) in [6.45, 7) is 5.75. The highest BCUT2D eigenvalue weighted by atomic mass is 16.2. The van der Waals surface area contributed by atoms with E-state index in [2.05, 4.69) is 25.5 Å². The van der Waals surface area contributed by atoms with Crippen molar-refractivity contribution in [3.63, 3.8) is 0 Å². The van der Waals surface area contributed by atoms with Crippen molar-refractivity contribution in [3.8, 4) is 0 Å². The van der Waals surface area contributed by atoms with Gasteiger partial charge in [-0.15, -0.1) is 0 Å². The number of nitrogens with one attached hydrogen (secondary N) is 2. The van der Waals surface area contributed by atoms with Gasteiger partial charge in [-0.05, 0) is 12.5 Å². The monoisotopic (exact) mass is 306 g/mol. The third-order valence-corrected chi connectivity index (χ3v) is 3.36. The number of carbonyl (C=O) groups excluding carboxylic acids is 2. The maximum absolute atomic E-state index is 11.8. The van der Waals surface area contributed by atoms with Gasteiger partial charge in [0.1, 0.15) is 0 Å². The fourth-order valence-electron chi connectivity index (χ4n) is 2.21. The van der Waals surface area contributed by atoms with E-state index >= 15 is 0 Å². The summed E-state index contributed by atoms with van der Waals surface area (Å²) < 4.78 is 0. The van der Waals surface area contributed by atoms with Gasteiger partial charge >= 0.3 is 6.03 Å². The Morgan fingerprint density at radius 1 is 1.18 bits per heavy atom. The van der Waals surface area contributed by atoms with Gasteiger partial charge in [0, 0.05) is 45.1 Å². The zero-order valence-electron chi connectivity index (χ0n) is 12.8. The largest absolute Gasteiger partial charge is 0.338 e. The van der Waals surface area contributed by atoms with Crippen molar-refractivity contribution in [1.82, 2.24) is 25.5 Å². The molecule has 2 N–H and O–H groups in total. The van der Waals surface area contributed by atoms with E-state index in [0.29, 0.717) is 12.5 Å². The van der Waals surface area contributed by atoms with Gasteiger partial charge in [0.05, 0.1) is 6.54 Å². The van der Waals surface area contributed by atoms with Gasteiger partial charge < -0.3 is 10.2 Å². The molecule has 2 rings (SSSR count). The molecule has 0 aromatic carbocycles. The van der Waals surface area contributed by atoms with E-state index < -0.39 is 6.03 Å². The number of nitrogens with zero attached hydrogens (tertiary/aromatic N) is 4. The first-order valence-electron chi connectivity index (χ1n) is 7.51. The third-order valence-electron chi connectivity index (χ3n) is 3.36. The lowest BCUT2D eigenvalue weighted by molar-refractivity contribution is -0.121. The fourth-order valence-corrected chi connectivity index (χ4v) is 2.21. The van der Waals surface area contributed by atoms with Gasteiger partial charge in [-0.25, -0.2) is 14.8 Å². The summed E-state index contributed by atoms with van der Waals surface area (Å²) in [5.41, 5.74) is 0. The summed E-state index contributed by atoms with van der Waals surface area (Å²) in [6.07, 6.45) is 4.28. The topological polar surface area (TPSA) is 90.5 Å². The number of amides is 3. The van der Waals surface area contributed by atoms with E-state index in [1.54, 1.807) is 18.5 Å². The van der Waals surface area contributed by atoms with Gasteiger partial charge in [0.2, 0.25) is 11.9 Å². The molecular formula is C14H22N6O2. The number of hydrogen-bond donors (Lipinski definition) is 2. The van der Waals surface area contributed by atoms with Crippen molar-refractivity contribution in [2.75, 3.05) is 44.2 Å². The fraction of sp³-hybridized carbons (Fsp3) is 0.571. The molecule has 1 aliphatic rings. The molecule has 1 saturated heterocycles. The molecule has 0 spiro atoms. The van der Waals surface area contributed by atoms with Crippen molar-refractivity contribution >= 4 is 17.9 Å². The first-order chi connectivity index (χ1) is 10.7. The highest BCUT2D eigenvalue weighted by Crippen LogP contribution is 2.09. The van der Waals surface area contributed by atoms with E-state index in [1.807, 2.05) is 11.8 Å². The van der Waals surface area contributed by atoms with Crippen molar-refractivity contribution < 1.29 is 9.59 Å². The van der Waals surface area contributed by atoms with Crippen LogP contribution in [0.3, 0.4) is 0 Å². The molecule has 0 aliphatic carbocycles. The molecule has 0 atom stereocenters. The van der Waals surface area contributed by atoms with Crippen LogP contribution in [0.5, 0.6) is 0 Å². The summed E-state index contributed by atoms with van der Waals surface area (Å²) in [5.74, 6) is 0.434. The third kappa shape index (κ3) is 4.96. The average Bonchev–Trinajstić information content (AvgIpc) is 2.54. The minimum atomic E-state index is -0.428. The van der Waals surface area contributed by atoms with E-state index in [0.717, 1.165) is 32.6 Å². The summed E-state index contributed by atoms with van der Waals surface area (Å²) in [4.78, 5) is 35.7. The van der Waals surface area contributed by atoms with E-state index in [4.69, 9.17) is 0 Å². The molecule has 0 saturated carbocycles. The Labute approximate surface area is 129 Å². The molecule has 120 valence electrons. The Hall–Kier alpha value is -2.22. The van der Waals surface area contributed by atoms with Gasteiger partial charge in [0.15, 0.2) is 0 Å². The molecule has 0 unspecified atom stereocenters. The average molecular weight is 306 g/mol. The lowest BCUT2D eigenvalue weighted by Crippen LogP contribution is -2.51. The number of urea groups is 1. The molecule has 8 heteroatoms. The molecule has 3 amide bonds. The Morgan fingerprint density at radius 2 is 1.86 bits per heavy atom. The second kappa shape index (κ2) is 8.28. The first kappa shape index (κ1) is 16.2. The van der Waals surface area contributed by atoms with Crippen molar-refractivity contribution in [2.45, 2.75) is 13.3 Å². The van der Waals surface area contributed by atoms with Crippen LogP contribution in [0.4, 0.5) is 10.7 Å². The van der Waals surface area contributed by atoms with E-state index in [9.17, 15) is 9.59 Å². The second-order valence-corrected chi connectivity index (χ2v) is 5.12. The maximum Gasteiger partial charge on any atom is 0.321 e. The predicted molar refractivity (Wildman–Crippen MR) is 82.5 cm³/mol. The second-order valence-electron chi connectivity index (χ2n) is 5.12. The number of hydrogen-bond acceptors (Lipinski definition) is 6. The van der Waals surface area contributed by atoms with Crippen LogP contribution in [0, 0.1) is 0 Å². The molecule has 1 fully saturated rings. The van der Waals surface area contributed by atoms with Crippen molar-refractivity contribution in [3.05, 3.63) is 18.5 Å². The van der Waals surface area contributed by atoms with Crippen LogP contribution in [0.1, 0.15) is 13.3 Å². The summed E-state index contributed by atoms with van der Waals surface area (Å²) in [6, 6.07) is 1.36. The number of piperazine rings is 1. The van der Waals surface area contributed by atoms with Gasteiger partial charge in [-0.3, -0.25) is 15.0 Å². The molecule has 22 heavy (non-hydrogen) atoms. The summed E-state index contributed by atoms with van der Waals surface area (Å²) >= 11 is 0. The highest BCUT2D eigenvalue weighted by molar-refractivity contribution is 5.95. The van der Waals surface area contributed by atoms with Crippen LogP contribution in [-0.2, 0) is 4.79 Å². The smallest absolute Gasteiger partial charge is 0.321 e. The van der Waals surface area contributed by atoms with Crippen LogP contribution < -0.4 is 15.5 Å². The molecule has 0 bridgehead atoms. The Bertz CT molecular complexity index is 487. The van der Waals surface area contributed by atoms with Gasteiger partial charge in [-0.1, -0.05) is 6.92 Å². The summed E-state index contributed by atoms with van der Waals surface area (Å²) in [7, 11) is 0. The van der Waals surface area contributed by atoms with Crippen LogP contribution in [0.2, 0.25) is 0 Å². The standard InChI is InChI=1S/C14H22N6O2/c1-2-4-17-14(22)18-12(21)11-19-7-9-20(10-8-19)13-15-5-3-6-16-13/h3,5-6H,2,4,7-11H2,1H3,(H2,17,18,21,22). The molecule has 0 radical (unpaired) electrons. The molecule has 1 aliphatic heterocycles. The van der Waals surface area contributed by atoms with E-state index in [-0.39, 0.29) is 12.5 Å². The molecule has 1 aromatic rings. The van der Waals surface area contributed by atoms with Crippen molar-refractivity contribution in [1.29, 1.82) is 0 Å². The lowest BCUT2D eigenvalue weighted by Gasteiger charge is -2.34.